The topological polar surface area (TPSA) is 38.8 Å². The first kappa shape index (κ1) is 21.4. The highest BCUT2D eigenvalue weighted by atomic mass is 35.5. The molecular weight excluding hydrogens is 426 g/mol. The van der Waals surface area contributed by atoms with E-state index in [9.17, 15) is 4.79 Å². The first-order chi connectivity index (χ1) is 14.0. The second kappa shape index (κ2) is 9.96. The highest BCUT2D eigenvalue weighted by molar-refractivity contribution is 8.26. The number of rotatable bonds is 8. The van der Waals surface area contributed by atoms with E-state index >= 15 is 0 Å². The number of benzene rings is 2. The van der Waals surface area contributed by atoms with Crippen molar-refractivity contribution in [3.05, 3.63) is 76.2 Å². The number of aryl methyl sites for hydroxylation is 1. The summed E-state index contributed by atoms with van der Waals surface area (Å²) in [5.74, 6) is 1.28. The van der Waals surface area contributed by atoms with Crippen molar-refractivity contribution in [2.75, 3.05) is 19.8 Å². The Hall–Kier alpha value is -2.28. The van der Waals surface area contributed by atoms with Crippen LogP contribution in [0.3, 0.4) is 0 Å². The van der Waals surface area contributed by atoms with E-state index in [1.807, 2.05) is 31.2 Å². The summed E-state index contributed by atoms with van der Waals surface area (Å²) in [6, 6.07) is 13.1. The number of carbonyl (C=O) groups is 1. The Kier molecular flexibility index (Phi) is 7.36. The Labute approximate surface area is 185 Å². The fraction of sp³-hybridized carbons (Fsp3) is 0.182. The number of hydrogen-bond acceptors (Lipinski definition) is 5. The summed E-state index contributed by atoms with van der Waals surface area (Å²) in [4.78, 5) is 14.6. The van der Waals surface area contributed by atoms with Crippen molar-refractivity contribution in [1.82, 2.24) is 4.90 Å². The Morgan fingerprint density at radius 2 is 2.00 bits per heavy atom. The van der Waals surface area contributed by atoms with Crippen molar-refractivity contribution >= 4 is 51.9 Å². The van der Waals surface area contributed by atoms with Crippen LogP contribution in [0, 0.1) is 6.92 Å². The number of thiocarbonyl (C=S) groups is 1. The fourth-order valence-electron chi connectivity index (χ4n) is 2.71. The number of nitrogens with zero attached hydrogens (tertiary/aromatic N) is 1. The minimum atomic E-state index is -0.145. The number of ether oxygens (including phenoxy) is 2. The normalized spacial score (nSPS) is 15.1. The first-order valence-corrected chi connectivity index (χ1v) is 10.6. The molecule has 1 aliphatic heterocycles. The number of halogens is 1. The van der Waals surface area contributed by atoms with E-state index < -0.39 is 0 Å². The van der Waals surface area contributed by atoms with Gasteiger partial charge in [-0.2, -0.15) is 0 Å². The van der Waals surface area contributed by atoms with E-state index in [1.165, 1.54) is 16.7 Å². The zero-order valence-electron chi connectivity index (χ0n) is 15.9. The van der Waals surface area contributed by atoms with Gasteiger partial charge in [-0.05, 0) is 48.9 Å². The molecule has 29 heavy (non-hydrogen) atoms. The second-order valence-electron chi connectivity index (χ2n) is 6.28. The van der Waals surface area contributed by atoms with E-state index in [2.05, 4.69) is 6.58 Å². The molecule has 0 saturated carbocycles. The fourth-order valence-corrected chi connectivity index (χ4v) is 4.15. The molecule has 1 aliphatic rings. The van der Waals surface area contributed by atoms with E-state index in [-0.39, 0.29) is 5.91 Å². The summed E-state index contributed by atoms with van der Waals surface area (Å²) in [7, 11) is 0. The van der Waals surface area contributed by atoms with Gasteiger partial charge in [0.05, 0.1) is 4.91 Å². The van der Waals surface area contributed by atoms with Crippen LogP contribution in [0.5, 0.6) is 11.5 Å². The van der Waals surface area contributed by atoms with E-state index in [0.717, 1.165) is 11.3 Å². The van der Waals surface area contributed by atoms with Gasteiger partial charge >= 0.3 is 0 Å². The molecule has 1 fully saturated rings. The highest BCUT2D eigenvalue weighted by Gasteiger charge is 2.31. The summed E-state index contributed by atoms with van der Waals surface area (Å²) in [6.45, 7) is 6.82. The number of carbonyl (C=O) groups excluding carboxylic acids is 1. The molecule has 1 heterocycles. The molecule has 0 spiro atoms. The molecule has 2 aromatic carbocycles. The summed E-state index contributed by atoms with van der Waals surface area (Å²) in [5, 5.41) is 0.557. The van der Waals surface area contributed by atoms with E-state index in [1.54, 1.807) is 30.4 Å². The molecule has 3 rings (SSSR count). The van der Waals surface area contributed by atoms with Crippen LogP contribution in [-0.4, -0.2) is 34.9 Å². The van der Waals surface area contributed by atoms with Crippen LogP contribution >= 0.6 is 35.6 Å². The summed E-state index contributed by atoms with van der Waals surface area (Å²) in [5.41, 5.74) is 1.85. The monoisotopic (exact) mass is 445 g/mol. The molecule has 1 amide bonds. The third-order valence-electron chi connectivity index (χ3n) is 4.04. The van der Waals surface area contributed by atoms with Crippen molar-refractivity contribution in [2.45, 2.75) is 6.92 Å². The van der Waals surface area contributed by atoms with Crippen molar-refractivity contribution in [3.63, 3.8) is 0 Å². The van der Waals surface area contributed by atoms with Gasteiger partial charge in [0, 0.05) is 17.1 Å². The maximum atomic E-state index is 12.6. The van der Waals surface area contributed by atoms with Crippen LogP contribution in [-0.2, 0) is 4.79 Å². The third kappa shape index (κ3) is 5.63. The maximum absolute atomic E-state index is 12.6. The van der Waals surface area contributed by atoms with Gasteiger partial charge in [-0.15, -0.1) is 6.58 Å². The molecule has 2 aromatic rings. The Morgan fingerprint density at radius 1 is 1.21 bits per heavy atom. The molecule has 0 radical (unpaired) electrons. The van der Waals surface area contributed by atoms with Crippen molar-refractivity contribution in [2.24, 2.45) is 0 Å². The molecule has 0 aliphatic carbocycles. The van der Waals surface area contributed by atoms with Gasteiger partial charge in [0.2, 0.25) is 0 Å². The minimum absolute atomic E-state index is 0.145. The number of hydrogen-bond donors (Lipinski definition) is 0. The molecule has 150 valence electrons. The van der Waals surface area contributed by atoms with Crippen LogP contribution in [0.4, 0.5) is 0 Å². The number of amides is 1. The molecule has 0 unspecified atom stereocenters. The average Bonchev–Trinajstić information content (AvgIpc) is 2.94. The second-order valence-corrected chi connectivity index (χ2v) is 8.39. The lowest BCUT2D eigenvalue weighted by Crippen LogP contribution is -2.27. The Morgan fingerprint density at radius 3 is 2.76 bits per heavy atom. The summed E-state index contributed by atoms with van der Waals surface area (Å²) in [6.07, 6.45) is 3.40. The first-order valence-electron chi connectivity index (χ1n) is 8.96. The van der Waals surface area contributed by atoms with Gasteiger partial charge in [-0.3, -0.25) is 9.69 Å². The molecule has 7 heteroatoms. The lowest BCUT2D eigenvalue weighted by molar-refractivity contribution is -0.121. The van der Waals surface area contributed by atoms with Gasteiger partial charge in [0.15, 0.2) is 0 Å². The molecule has 0 bridgehead atoms. The summed E-state index contributed by atoms with van der Waals surface area (Å²) < 4.78 is 12.1. The lowest BCUT2D eigenvalue weighted by atomic mass is 10.2. The highest BCUT2D eigenvalue weighted by Crippen LogP contribution is 2.35. The quantitative estimate of drug-likeness (QED) is 0.232. The van der Waals surface area contributed by atoms with Crippen molar-refractivity contribution < 1.29 is 14.3 Å². The van der Waals surface area contributed by atoms with E-state index in [0.29, 0.717) is 45.3 Å². The van der Waals surface area contributed by atoms with Gasteiger partial charge in [0.25, 0.3) is 5.91 Å². The van der Waals surface area contributed by atoms with Gasteiger partial charge < -0.3 is 9.47 Å². The maximum Gasteiger partial charge on any atom is 0.266 e. The predicted molar refractivity (Wildman–Crippen MR) is 124 cm³/mol. The summed E-state index contributed by atoms with van der Waals surface area (Å²) >= 11 is 12.7. The van der Waals surface area contributed by atoms with Crippen molar-refractivity contribution in [1.29, 1.82) is 0 Å². The van der Waals surface area contributed by atoms with Gasteiger partial charge in [0.1, 0.15) is 29.0 Å². The molecule has 4 nitrogen and oxygen atoms in total. The van der Waals surface area contributed by atoms with Gasteiger partial charge in [-0.25, -0.2) is 0 Å². The smallest absolute Gasteiger partial charge is 0.266 e. The SMILES string of the molecule is C=CCN1C(=O)/C(=C/c2cc(Cl)ccc2OCCOc2cccc(C)c2)SC1=S. The van der Waals surface area contributed by atoms with Crippen LogP contribution in [0.15, 0.2) is 60.0 Å². The zero-order chi connectivity index (χ0) is 20.8. The molecule has 1 saturated heterocycles. The number of thioether (sulfide) groups is 1. The van der Waals surface area contributed by atoms with Gasteiger partial charge in [-0.1, -0.05) is 53.8 Å². The molecular formula is C22H20ClNO3S2. The largest absolute Gasteiger partial charge is 0.490 e. The minimum Gasteiger partial charge on any atom is -0.490 e. The zero-order valence-corrected chi connectivity index (χ0v) is 18.3. The molecule has 0 atom stereocenters. The molecule has 0 N–H and O–H groups in total. The molecule has 0 aromatic heterocycles. The van der Waals surface area contributed by atoms with E-state index in [4.69, 9.17) is 33.3 Å². The van der Waals surface area contributed by atoms with Crippen LogP contribution in [0.1, 0.15) is 11.1 Å². The predicted octanol–water partition coefficient (Wildman–Crippen LogP) is 5.49. The Balaban J connectivity index is 1.69. The average molecular weight is 446 g/mol. The Bertz CT molecular complexity index is 974. The van der Waals surface area contributed by atoms with Crippen LogP contribution < -0.4 is 9.47 Å². The van der Waals surface area contributed by atoms with Crippen LogP contribution in [0.2, 0.25) is 5.02 Å². The van der Waals surface area contributed by atoms with Crippen molar-refractivity contribution in [3.8, 4) is 11.5 Å². The lowest BCUT2D eigenvalue weighted by Gasteiger charge is -2.12. The standard InChI is InChI=1S/C22H20ClNO3S2/c1-3-9-24-21(25)20(29-22(24)28)14-16-13-17(23)7-8-19(16)27-11-10-26-18-6-4-5-15(2)12-18/h3-8,12-14H,1,9-11H2,2H3/b20-14-. The third-order valence-corrected chi connectivity index (χ3v) is 5.66. The van der Waals surface area contributed by atoms with Crippen LogP contribution in [0.25, 0.3) is 6.08 Å².